The number of ketones is 1. The summed E-state index contributed by atoms with van der Waals surface area (Å²) in [5.74, 6) is 0.324. The Kier molecular flexibility index (Phi) is 4.97. The highest BCUT2D eigenvalue weighted by molar-refractivity contribution is 7.98. The summed E-state index contributed by atoms with van der Waals surface area (Å²) >= 11 is 13.5. The summed E-state index contributed by atoms with van der Waals surface area (Å²) in [6, 6.07) is 5.78. The summed E-state index contributed by atoms with van der Waals surface area (Å²) in [7, 11) is 0. The zero-order chi connectivity index (χ0) is 11.4. The van der Waals surface area contributed by atoms with Gasteiger partial charge < -0.3 is 0 Å². The average Bonchev–Trinajstić information content (AvgIpc) is 2.26. The topological polar surface area (TPSA) is 17.1 Å². The van der Waals surface area contributed by atoms with Crippen LogP contribution in [0.5, 0.6) is 0 Å². The maximum Gasteiger partial charge on any atom is 0.152 e. The van der Waals surface area contributed by atoms with Crippen LogP contribution in [-0.4, -0.2) is 12.0 Å². The van der Waals surface area contributed by atoms with Gasteiger partial charge in [-0.15, -0.1) is 35.0 Å². The van der Waals surface area contributed by atoms with Crippen molar-refractivity contribution in [1.82, 2.24) is 0 Å². The lowest BCUT2D eigenvalue weighted by molar-refractivity contribution is -0.116. The molecule has 0 radical (unpaired) electrons. The van der Waals surface area contributed by atoms with Gasteiger partial charge in [0.05, 0.1) is 0 Å². The summed E-state index contributed by atoms with van der Waals surface area (Å²) in [5, 5.41) is -0.595. The maximum absolute atomic E-state index is 11.3. The molecule has 0 aliphatic rings. The van der Waals surface area contributed by atoms with Gasteiger partial charge in [-0.1, -0.05) is 12.1 Å². The molecule has 1 nitrogen and oxygen atoms in total. The van der Waals surface area contributed by atoms with Crippen LogP contribution in [-0.2, 0) is 10.7 Å². The molecule has 0 aliphatic carbocycles. The summed E-state index contributed by atoms with van der Waals surface area (Å²) in [6.07, 6.45) is 1.96. The molecule has 1 unspecified atom stereocenters. The van der Waals surface area contributed by atoms with Crippen LogP contribution >= 0.6 is 35.0 Å². The minimum Gasteiger partial charge on any atom is -0.298 e. The fourth-order valence-electron chi connectivity index (χ4n) is 1.37. The van der Waals surface area contributed by atoms with Crippen LogP contribution in [0.15, 0.2) is 23.1 Å². The summed E-state index contributed by atoms with van der Waals surface area (Å²) < 4.78 is 0. The van der Waals surface area contributed by atoms with E-state index in [0.29, 0.717) is 5.88 Å². The van der Waals surface area contributed by atoms with Crippen molar-refractivity contribution in [1.29, 1.82) is 0 Å². The van der Waals surface area contributed by atoms with E-state index in [1.165, 1.54) is 6.92 Å². The van der Waals surface area contributed by atoms with Crippen LogP contribution in [0.3, 0.4) is 0 Å². The van der Waals surface area contributed by atoms with Gasteiger partial charge in [-0.3, -0.25) is 4.79 Å². The average molecular weight is 263 g/mol. The molecule has 82 valence electrons. The predicted octanol–water partition coefficient (Wildman–Crippen LogP) is 4.02. The summed E-state index contributed by atoms with van der Waals surface area (Å²) in [4.78, 5) is 12.3. The zero-order valence-corrected chi connectivity index (χ0v) is 10.9. The third kappa shape index (κ3) is 2.90. The van der Waals surface area contributed by atoms with Crippen molar-refractivity contribution in [2.75, 3.05) is 6.26 Å². The van der Waals surface area contributed by atoms with Gasteiger partial charge >= 0.3 is 0 Å². The van der Waals surface area contributed by atoms with Crippen molar-refractivity contribution in [2.45, 2.75) is 23.1 Å². The quantitative estimate of drug-likeness (QED) is 0.603. The van der Waals surface area contributed by atoms with Crippen molar-refractivity contribution in [3.8, 4) is 0 Å². The number of rotatable bonds is 4. The molecular formula is C11H12Cl2OS. The lowest BCUT2D eigenvalue weighted by Gasteiger charge is -2.14. The Balaban J connectivity index is 3.27. The Morgan fingerprint density at radius 2 is 2.20 bits per heavy atom. The standard InChI is InChI=1S/C11H12Cl2OS/c1-7(14)11(13)10-8(6-12)4-3-5-9(10)15-2/h3-5,11H,6H2,1-2H3. The van der Waals surface area contributed by atoms with Crippen LogP contribution in [0, 0.1) is 0 Å². The summed E-state index contributed by atoms with van der Waals surface area (Å²) in [5.41, 5.74) is 1.79. The Bertz CT molecular complexity index is 343. The van der Waals surface area contributed by atoms with Gasteiger partial charge in [0.1, 0.15) is 5.38 Å². The highest BCUT2D eigenvalue weighted by Gasteiger charge is 2.19. The van der Waals surface area contributed by atoms with Crippen molar-refractivity contribution in [3.05, 3.63) is 29.3 Å². The highest BCUT2D eigenvalue weighted by atomic mass is 35.5. The normalized spacial score (nSPS) is 12.5. The van der Waals surface area contributed by atoms with E-state index in [-0.39, 0.29) is 5.78 Å². The van der Waals surface area contributed by atoms with Crippen LogP contribution in [0.4, 0.5) is 0 Å². The lowest BCUT2D eigenvalue weighted by Crippen LogP contribution is -2.06. The van der Waals surface area contributed by atoms with Crippen LogP contribution in [0.1, 0.15) is 23.4 Å². The molecule has 1 atom stereocenters. The second-order valence-corrected chi connectivity index (χ2v) is 4.69. The van der Waals surface area contributed by atoms with E-state index >= 15 is 0 Å². The molecule has 0 N–H and O–H groups in total. The monoisotopic (exact) mass is 262 g/mol. The first-order valence-corrected chi connectivity index (χ1v) is 6.67. The molecule has 0 aliphatic heterocycles. The number of carbonyl (C=O) groups is 1. The molecule has 0 saturated heterocycles. The Labute approximate surface area is 104 Å². The molecule has 4 heteroatoms. The largest absolute Gasteiger partial charge is 0.298 e. The van der Waals surface area contributed by atoms with Gasteiger partial charge in [-0.2, -0.15) is 0 Å². The molecule has 1 aromatic rings. The van der Waals surface area contributed by atoms with Crippen molar-refractivity contribution in [2.24, 2.45) is 0 Å². The molecule has 0 heterocycles. The van der Waals surface area contributed by atoms with Crippen molar-refractivity contribution >= 4 is 40.7 Å². The molecule has 0 spiro atoms. The van der Waals surface area contributed by atoms with Crippen LogP contribution in [0.2, 0.25) is 0 Å². The molecule has 0 saturated carbocycles. The van der Waals surface area contributed by atoms with Gasteiger partial charge in [-0.05, 0) is 30.4 Å². The van der Waals surface area contributed by atoms with Gasteiger partial charge in [0.15, 0.2) is 5.78 Å². The lowest BCUT2D eigenvalue weighted by atomic mass is 10.0. The number of benzene rings is 1. The minimum absolute atomic E-state index is 0.0514. The van der Waals surface area contributed by atoms with Gasteiger partial charge in [-0.25, -0.2) is 0 Å². The Morgan fingerprint density at radius 3 is 2.67 bits per heavy atom. The molecule has 1 aromatic carbocycles. The predicted molar refractivity (Wildman–Crippen MR) is 67.1 cm³/mol. The fourth-order valence-corrected chi connectivity index (χ4v) is 2.61. The number of hydrogen-bond acceptors (Lipinski definition) is 2. The molecule has 0 fully saturated rings. The maximum atomic E-state index is 11.3. The fraction of sp³-hybridized carbons (Fsp3) is 0.364. The van der Waals surface area contributed by atoms with Gasteiger partial charge in [0.2, 0.25) is 0 Å². The van der Waals surface area contributed by atoms with E-state index in [9.17, 15) is 4.79 Å². The van der Waals surface area contributed by atoms with Gasteiger partial charge in [0.25, 0.3) is 0 Å². The van der Waals surface area contributed by atoms with E-state index in [1.807, 2.05) is 24.5 Å². The second-order valence-electron chi connectivity index (χ2n) is 3.14. The van der Waals surface area contributed by atoms with Crippen molar-refractivity contribution < 1.29 is 4.79 Å². The third-order valence-electron chi connectivity index (χ3n) is 2.13. The Hall–Kier alpha value is -0.180. The number of carbonyl (C=O) groups excluding carboxylic acids is 1. The van der Waals surface area contributed by atoms with Crippen LogP contribution in [0.25, 0.3) is 0 Å². The minimum atomic E-state index is -0.595. The third-order valence-corrected chi connectivity index (χ3v) is 3.74. The Morgan fingerprint density at radius 1 is 1.53 bits per heavy atom. The second kappa shape index (κ2) is 5.78. The van der Waals surface area contributed by atoms with E-state index in [1.54, 1.807) is 11.8 Å². The van der Waals surface area contributed by atoms with E-state index < -0.39 is 5.38 Å². The molecular weight excluding hydrogens is 251 g/mol. The van der Waals surface area contributed by atoms with Crippen LogP contribution < -0.4 is 0 Å². The molecule has 15 heavy (non-hydrogen) atoms. The smallest absolute Gasteiger partial charge is 0.152 e. The van der Waals surface area contributed by atoms with Crippen molar-refractivity contribution in [3.63, 3.8) is 0 Å². The number of hydrogen-bond donors (Lipinski definition) is 0. The molecule has 0 bridgehead atoms. The zero-order valence-electron chi connectivity index (χ0n) is 8.59. The van der Waals surface area contributed by atoms with E-state index in [2.05, 4.69) is 0 Å². The SMILES string of the molecule is CSc1cccc(CCl)c1C(Cl)C(C)=O. The number of thioether (sulfide) groups is 1. The first-order chi connectivity index (χ1) is 7.11. The first-order valence-electron chi connectivity index (χ1n) is 4.48. The highest BCUT2D eigenvalue weighted by Crippen LogP contribution is 2.34. The summed E-state index contributed by atoms with van der Waals surface area (Å²) in [6.45, 7) is 1.49. The van der Waals surface area contributed by atoms with E-state index in [4.69, 9.17) is 23.2 Å². The first kappa shape index (κ1) is 12.9. The molecule has 0 aromatic heterocycles. The molecule has 0 amide bonds. The van der Waals surface area contributed by atoms with E-state index in [0.717, 1.165) is 16.0 Å². The number of alkyl halides is 2. The number of halogens is 2. The molecule has 1 rings (SSSR count). The number of Topliss-reactive ketones (excluding diaryl/α,β-unsaturated/α-hetero) is 1. The van der Waals surface area contributed by atoms with Gasteiger partial charge in [0, 0.05) is 10.8 Å².